The summed E-state index contributed by atoms with van der Waals surface area (Å²) in [4.78, 5) is 13.9. The fraction of sp³-hybridized carbons (Fsp3) is 0.500. The molecule has 1 aromatic rings. The van der Waals surface area contributed by atoms with Gasteiger partial charge in [0.15, 0.2) is 9.84 Å². The number of amides is 1. The molecule has 0 N–H and O–H groups in total. The van der Waals surface area contributed by atoms with E-state index in [1.165, 1.54) is 12.1 Å². The highest BCUT2D eigenvalue weighted by Crippen LogP contribution is 2.32. The number of nitrogens with zero attached hydrogens (tertiary/aromatic N) is 1. The summed E-state index contributed by atoms with van der Waals surface area (Å²) in [6.07, 6.45) is 3.00. The molecule has 0 atom stereocenters. The molecule has 6 heteroatoms. The van der Waals surface area contributed by atoms with E-state index in [4.69, 9.17) is 11.6 Å². The van der Waals surface area contributed by atoms with Crippen molar-refractivity contribution in [1.82, 2.24) is 4.90 Å². The second-order valence-corrected chi connectivity index (χ2v) is 8.16. The highest BCUT2D eigenvalue weighted by atomic mass is 35.5. The molecule has 20 heavy (non-hydrogen) atoms. The summed E-state index contributed by atoms with van der Waals surface area (Å²) in [5.41, 5.74) is 0. The lowest BCUT2D eigenvalue weighted by molar-refractivity contribution is -0.141. The van der Waals surface area contributed by atoms with Crippen molar-refractivity contribution in [2.75, 3.05) is 13.1 Å². The fourth-order valence-electron chi connectivity index (χ4n) is 2.54. The molecule has 3 rings (SSSR count). The van der Waals surface area contributed by atoms with Gasteiger partial charge in [-0.3, -0.25) is 4.79 Å². The topological polar surface area (TPSA) is 54.5 Å². The van der Waals surface area contributed by atoms with Crippen LogP contribution in [0.1, 0.15) is 19.3 Å². The molecule has 1 saturated carbocycles. The minimum absolute atomic E-state index is 0.124. The van der Waals surface area contributed by atoms with Crippen molar-refractivity contribution in [2.45, 2.75) is 29.4 Å². The summed E-state index contributed by atoms with van der Waals surface area (Å²) < 4.78 is 24.7. The van der Waals surface area contributed by atoms with Crippen LogP contribution in [0.25, 0.3) is 0 Å². The molecule has 1 aliphatic heterocycles. The molecule has 4 nitrogen and oxygen atoms in total. The summed E-state index contributed by atoms with van der Waals surface area (Å²) in [5.74, 6) is 0.257. The van der Waals surface area contributed by atoms with Crippen molar-refractivity contribution < 1.29 is 13.2 Å². The molecule has 108 valence electrons. The zero-order valence-electron chi connectivity index (χ0n) is 11.0. The Kier molecular flexibility index (Phi) is 3.50. The molecule has 1 aliphatic carbocycles. The number of hydrogen-bond donors (Lipinski definition) is 0. The molecular weight excluding hydrogens is 298 g/mol. The molecule has 1 amide bonds. The summed E-state index contributed by atoms with van der Waals surface area (Å²) in [6, 6.07) is 6.19. The van der Waals surface area contributed by atoms with E-state index in [0.717, 1.165) is 19.3 Å². The highest BCUT2D eigenvalue weighted by Gasteiger charge is 2.42. The minimum Gasteiger partial charge on any atom is -0.340 e. The maximum Gasteiger partial charge on any atom is 0.225 e. The van der Waals surface area contributed by atoms with E-state index in [2.05, 4.69) is 0 Å². The smallest absolute Gasteiger partial charge is 0.225 e. The first-order valence-electron chi connectivity index (χ1n) is 6.77. The second kappa shape index (κ2) is 5.04. The third-order valence-corrected chi connectivity index (χ3v) is 6.55. The largest absolute Gasteiger partial charge is 0.340 e. The maximum atomic E-state index is 12.4. The average molecular weight is 314 g/mol. The van der Waals surface area contributed by atoms with Crippen LogP contribution in [0, 0.1) is 5.92 Å². The molecule has 0 radical (unpaired) electrons. The van der Waals surface area contributed by atoms with Crippen molar-refractivity contribution in [3.8, 4) is 0 Å². The van der Waals surface area contributed by atoms with Crippen LogP contribution >= 0.6 is 11.6 Å². The molecule has 2 aliphatic rings. The molecule has 0 unspecified atom stereocenters. The van der Waals surface area contributed by atoms with Gasteiger partial charge in [-0.1, -0.05) is 18.0 Å². The van der Waals surface area contributed by atoms with Gasteiger partial charge in [0.05, 0.1) is 4.90 Å². The molecular formula is C14H16ClNO3S. The summed E-state index contributed by atoms with van der Waals surface area (Å²) in [7, 11) is -3.35. The Labute approximate surface area is 123 Å². The lowest BCUT2D eigenvalue weighted by Crippen LogP contribution is -2.58. The molecule has 1 aromatic carbocycles. The molecule has 1 saturated heterocycles. The number of likely N-dealkylation sites (tertiary alicyclic amines) is 1. The Morgan fingerprint density at radius 2 is 1.75 bits per heavy atom. The van der Waals surface area contributed by atoms with Crippen LogP contribution in [0.4, 0.5) is 0 Å². The van der Waals surface area contributed by atoms with Gasteiger partial charge in [-0.25, -0.2) is 8.42 Å². The fourth-order valence-corrected chi connectivity index (χ4v) is 4.32. The first-order valence-corrected chi connectivity index (χ1v) is 8.69. The molecule has 1 heterocycles. The zero-order valence-corrected chi connectivity index (χ0v) is 12.5. The number of carbonyl (C=O) groups excluding carboxylic acids is 1. The van der Waals surface area contributed by atoms with Crippen molar-refractivity contribution >= 4 is 27.3 Å². The normalized spacial score (nSPS) is 20.4. The Morgan fingerprint density at radius 1 is 1.15 bits per heavy atom. The molecule has 0 bridgehead atoms. The first-order chi connectivity index (χ1) is 9.48. The van der Waals surface area contributed by atoms with Crippen LogP contribution in [-0.4, -0.2) is 37.6 Å². The lowest BCUT2D eigenvalue weighted by Gasteiger charge is -2.42. The van der Waals surface area contributed by atoms with Gasteiger partial charge in [-0.15, -0.1) is 0 Å². The van der Waals surface area contributed by atoms with E-state index in [9.17, 15) is 13.2 Å². The molecule has 0 aromatic heterocycles. The van der Waals surface area contributed by atoms with Crippen molar-refractivity contribution in [3.05, 3.63) is 29.3 Å². The molecule has 0 spiro atoms. The second-order valence-electron chi connectivity index (χ2n) is 5.49. The number of carbonyl (C=O) groups is 1. The predicted octanol–water partition coefficient (Wildman–Crippen LogP) is 2.12. The average Bonchev–Trinajstić information content (AvgIpc) is 2.24. The summed E-state index contributed by atoms with van der Waals surface area (Å²) in [6.45, 7) is 0.639. The van der Waals surface area contributed by atoms with Gasteiger partial charge in [-0.05, 0) is 37.1 Å². The zero-order chi connectivity index (χ0) is 14.3. The standard InChI is InChI=1S/C14H16ClNO3S/c15-11-4-6-12(7-5-11)20(18,19)13-8-16(9-13)14(17)10-2-1-3-10/h4-7,10,13H,1-3,8-9H2. The van der Waals surface area contributed by atoms with Crippen LogP contribution in [0.5, 0.6) is 0 Å². The van der Waals surface area contributed by atoms with Crippen LogP contribution < -0.4 is 0 Å². The van der Waals surface area contributed by atoms with E-state index < -0.39 is 15.1 Å². The third-order valence-electron chi connectivity index (χ3n) is 4.20. The highest BCUT2D eigenvalue weighted by molar-refractivity contribution is 7.92. The van der Waals surface area contributed by atoms with Gasteiger partial charge in [0.1, 0.15) is 5.25 Å². The van der Waals surface area contributed by atoms with Crippen LogP contribution in [0.15, 0.2) is 29.2 Å². The van der Waals surface area contributed by atoms with Crippen molar-refractivity contribution in [3.63, 3.8) is 0 Å². The van der Waals surface area contributed by atoms with Crippen LogP contribution in [0.2, 0.25) is 5.02 Å². The van der Waals surface area contributed by atoms with Crippen molar-refractivity contribution in [1.29, 1.82) is 0 Å². The third kappa shape index (κ3) is 2.33. The van der Waals surface area contributed by atoms with Crippen LogP contribution in [-0.2, 0) is 14.6 Å². The SMILES string of the molecule is O=C(C1CCC1)N1CC(S(=O)(=O)c2ccc(Cl)cc2)C1. The first kappa shape index (κ1) is 13.9. The van der Waals surface area contributed by atoms with Gasteiger partial charge in [0.2, 0.25) is 5.91 Å². The van der Waals surface area contributed by atoms with E-state index in [-0.39, 0.29) is 16.7 Å². The van der Waals surface area contributed by atoms with E-state index in [0.29, 0.717) is 18.1 Å². The minimum atomic E-state index is -3.35. The predicted molar refractivity (Wildman–Crippen MR) is 76.3 cm³/mol. The van der Waals surface area contributed by atoms with E-state index in [1.54, 1.807) is 17.0 Å². The number of halogens is 1. The van der Waals surface area contributed by atoms with E-state index >= 15 is 0 Å². The lowest BCUT2D eigenvalue weighted by atomic mass is 9.84. The van der Waals surface area contributed by atoms with Gasteiger partial charge >= 0.3 is 0 Å². The molecule has 2 fully saturated rings. The number of hydrogen-bond acceptors (Lipinski definition) is 3. The number of sulfone groups is 1. The van der Waals surface area contributed by atoms with Gasteiger partial charge in [0.25, 0.3) is 0 Å². The van der Waals surface area contributed by atoms with Crippen molar-refractivity contribution in [2.24, 2.45) is 5.92 Å². The maximum absolute atomic E-state index is 12.4. The quantitative estimate of drug-likeness (QED) is 0.859. The summed E-state index contributed by atoms with van der Waals surface area (Å²) in [5, 5.41) is 0.0343. The van der Waals surface area contributed by atoms with Gasteiger partial charge in [-0.2, -0.15) is 0 Å². The van der Waals surface area contributed by atoms with Gasteiger partial charge < -0.3 is 4.90 Å². The van der Waals surface area contributed by atoms with E-state index in [1.807, 2.05) is 0 Å². The summed E-state index contributed by atoms with van der Waals surface area (Å²) >= 11 is 5.76. The Bertz CT molecular complexity index is 616. The number of rotatable bonds is 3. The van der Waals surface area contributed by atoms with Crippen LogP contribution in [0.3, 0.4) is 0 Å². The monoisotopic (exact) mass is 313 g/mol. The number of benzene rings is 1. The Hall–Kier alpha value is -1.07. The van der Waals surface area contributed by atoms with Gasteiger partial charge in [0, 0.05) is 24.0 Å². The Morgan fingerprint density at radius 3 is 2.25 bits per heavy atom. The Balaban J connectivity index is 1.66.